The van der Waals surface area contributed by atoms with E-state index in [0.717, 1.165) is 16.9 Å². The lowest BCUT2D eigenvalue weighted by molar-refractivity contribution is -0.117. The molecule has 0 saturated carbocycles. The molecule has 0 aliphatic heterocycles. The van der Waals surface area contributed by atoms with Crippen molar-refractivity contribution in [1.82, 2.24) is 9.88 Å². The highest BCUT2D eigenvalue weighted by Crippen LogP contribution is 2.14. The molecule has 0 fully saturated rings. The van der Waals surface area contributed by atoms with Crippen molar-refractivity contribution in [1.29, 1.82) is 0 Å². The maximum absolute atomic E-state index is 12.6. The molecule has 1 heterocycles. The second-order valence-corrected chi connectivity index (χ2v) is 6.80. The molecule has 0 unspecified atom stereocenters. The first kappa shape index (κ1) is 19.4. The van der Waals surface area contributed by atoms with Crippen LogP contribution in [0.3, 0.4) is 0 Å². The Balaban J connectivity index is 1.66. The summed E-state index contributed by atoms with van der Waals surface area (Å²) in [6, 6.07) is 17.0. The van der Waals surface area contributed by atoms with Gasteiger partial charge in [0, 0.05) is 19.3 Å². The Kier molecular flexibility index (Phi) is 5.94. The third-order valence-electron chi connectivity index (χ3n) is 4.80. The number of Topliss-reactive ketones (excluding diaryl/α,β-unsaturated/α-hetero) is 1. The van der Waals surface area contributed by atoms with Gasteiger partial charge >= 0.3 is 0 Å². The molecule has 0 spiro atoms. The highest BCUT2D eigenvalue weighted by molar-refractivity contribution is 6.42. The maximum Gasteiger partial charge on any atom is 0.294 e. The number of nitrogens with one attached hydrogen (secondary N) is 1. The molecule has 5 nitrogen and oxygen atoms in total. The molecule has 5 heteroatoms. The molecule has 28 heavy (non-hydrogen) atoms. The second-order valence-electron chi connectivity index (χ2n) is 6.80. The number of rotatable bonds is 7. The molecule has 0 saturated heterocycles. The van der Waals surface area contributed by atoms with Crippen LogP contribution in [-0.2, 0) is 17.9 Å². The summed E-state index contributed by atoms with van der Waals surface area (Å²) in [6.07, 6.45) is 1.82. The van der Waals surface area contributed by atoms with Crippen LogP contribution in [0, 0.1) is 13.8 Å². The minimum absolute atomic E-state index is 0.284. The average Bonchev–Trinajstić information content (AvgIpc) is 3.16. The molecule has 3 aromatic rings. The molecule has 0 bridgehead atoms. The van der Waals surface area contributed by atoms with E-state index in [2.05, 4.69) is 31.3 Å². The molecule has 2 aromatic carbocycles. The van der Waals surface area contributed by atoms with Gasteiger partial charge in [-0.3, -0.25) is 9.59 Å². The van der Waals surface area contributed by atoms with Crippen molar-refractivity contribution in [3.8, 4) is 5.75 Å². The fourth-order valence-corrected chi connectivity index (χ4v) is 2.98. The highest BCUT2D eigenvalue weighted by atomic mass is 16.5. The highest BCUT2D eigenvalue weighted by Gasteiger charge is 2.19. The van der Waals surface area contributed by atoms with Crippen molar-refractivity contribution in [2.24, 2.45) is 0 Å². The van der Waals surface area contributed by atoms with E-state index in [-0.39, 0.29) is 6.54 Å². The summed E-state index contributed by atoms with van der Waals surface area (Å²) in [5, 5.41) is 2.69. The van der Waals surface area contributed by atoms with E-state index in [9.17, 15) is 9.59 Å². The van der Waals surface area contributed by atoms with Crippen LogP contribution in [0.5, 0.6) is 5.75 Å². The summed E-state index contributed by atoms with van der Waals surface area (Å²) in [7, 11) is 1.60. The van der Waals surface area contributed by atoms with E-state index in [1.165, 1.54) is 11.1 Å². The van der Waals surface area contributed by atoms with Gasteiger partial charge in [0.15, 0.2) is 0 Å². The van der Waals surface area contributed by atoms with Crippen molar-refractivity contribution >= 4 is 11.7 Å². The molecular weight excluding hydrogens is 352 g/mol. The normalized spacial score (nSPS) is 10.5. The zero-order valence-corrected chi connectivity index (χ0v) is 16.4. The molecule has 0 radical (unpaired) electrons. The van der Waals surface area contributed by atoms with Crippen molar-refractivity contribution in [2.45, 2.75) is 26.9 Å². The lowest BCUT2D eigenvalue weighted by Gasteiger charge is -2.11. The minimum atomic E-state index is -0.615. The smallest absolute Gasteiger partial charge is 0.294 e. The molecule has 1 aromatic heterocycles. The van der Waals surface area contributed by atoms with Gasteiger partial charge in [-0.15, -0.1) is 0 Å². The van der Waals surface area contributed by atoms with Crippen LogP contribution in [0.15, 0.2) is 60.8 Å². The summed E-state index contributed by atoms with van der Waals surface area (Å²) < 4.78 is 6.92. The number of hydrogen-bond acceptors (Lipinski definition) is 3. The van der Waals surface area contributed by atoms with Crippen LogP contribution >= 0.6 is 0 Å². The number of carbonyl (C=O) groups excluding carboxylic acids is 2. The van der Waals surface area contributed by atoms with Crippen molar-refractivity contribution in [3.63, 3.8) is 0 Å². The summed E-state index contributed by atoms with van der Waals surface area (Å²) in [5.41, 5.74) is 4.80. The number of amides is 1. The number of nitrogens with zero attached hydrogens (tertiary/aromatic N) is 1. The van der Waals surface area contributed by atoms with Gasteiger partial charge in [-0.25, -0.2) is 0 Å². The van der Waals surface area contributed by atoms with E-state index in [0.29, 0.717) is 12.2 Å². The van der Waals surface area contributed by atoms with Crippen LogP contribution < -0.4 is 10.1 Å². The molecule has 3 rings (SSSR count). The van der Waals surface area contributed by atoms with Crippen LogP contribution in [-0.4, -0.2) is 23.4 Å². The molecule has 144 valence electrons. The molecule has 0 atom stereocenters. The Bertz CT molecular complexity index is 987. The van der Waals surface area contributed by atoms with Gasteiger partial charge in [0.2, 0.25) is 0 Å². The third kappa shape index (κ3) is 4.49. The van der Waals surface area contributed by atoms with Gasteiger partial charge in [-0.2, -0.15) is 0 Å². The number of ether oxygens (including phenoxy) is 1. The van der Waals surface area contributed by atoms with Gasteiger partial charge in [0.1, 0.15) is 5.75 Å². The Morgan fingerprint density at radius 2 is 1.68 bits per heavy atom. The minimum Gasteiger partial charge on any atom is -0.497 e. The summed E-state index contributed by atoms with van der Waals surface area (Å²) >= 11 is 0. The quantitative estimate of drug-likeness (QED) is 0.506. The van der Waals surface area contributed by atoms with Crippen molar-refractivity contribution in [3.05, 3.63) is 88.7 Å². The second kappa shape index (κ2) is 8.57. The number of aryl methyl sites for hydroxylation is 2. The SMILES string of the molecule is COc1ccc(CNC(=O)C(=O)c2cccn2Cc2ccc(C)c(C)c2)cc1. The molecule has 0 aliphatic carbocycles. The van der Waals surface area contributed by atoms with Crippen molar-refractivity contribution in [2.75, 3.05) is 7.11 Å². The summed E-state index contributed by atoms with van der Waals surface area (Å²) in [4.78, 5) is 24.9. The number of carbonyl (C=O) groups is 2. The molecule has 1 N–H and O–H groups in total. The van der Waals surface area contributed by atoms with Gasteiger partial charge < -0.3 is 14.6 Å². The lowest BCUT2D eigenvalue weighted by Crippen LogP contribution is -2.32. The zero-order chi connectivity index (χ0) is 20.1. The maximum atomic E-state index is 12.6. The molecule has 1 amide bonds. The van der Waals surface area contributed by atoms with E-state index >= 15 is 0 Å². The third-order valence-corrected chi connectivity index (χ3v) is 4.80. The van der Waals surface area contributed by atoms with E-state index in [1.807, 2.05) is 36.5 Å². The average molecular weight is 376 g/mol. The number of methoxy groups -OCH3 is 1. The first-order chi connectivity index (χ1) is 13.5. The van der Waals surface area contributed by atoms with Gasteiger partial charge in [-0.05, 0) is 60.4 Å². The fourth-order valence-electron chi connectivity index (χ4n) is 2.98. The monoisotopic (exact) mass is 376 g/mol. The van der Waals surface area contributed by atoms with Crippen LogP contribution in [0.25, 0.3) is 0 Å². The summed E-state index contributed by atoms with van der Waals surface area (Å²) in [6.45, 7) is 4.96. The first-order valence-electron chi connectivity index (χ1n) is 9.14. The summed E-state index contributed by atoms with van der Waals surface area (Å²) in [5.74, 6) is -0.409. The topological polar surface area (TPSA) is 60.3 Å². The standard InChI is InChI=1S/C23H24N2O3/c1-16-6-7-19(13-17(16)2)15-25-12-4-5-21(25)22(26)23(27)24-14-18-8-10-20(28-3)11-9-18/h4-13H,14-15H2,1-3H3,(H,24,27). The Labute approximate surface area is 165 Å². The van der Waals surface area contributed by atoms with E-state index < -0.39 is 11.7 Å². The van der Waals surface area contributed by atoms with Gasteiger partial charge in [-0.1, -0.05) is 30.3 Å². The van der Waals surface area contributed by atoms with Crippen LogP contribution in [0.4, 0.5) is 0 Å². The molecule has 0 aliphatic rings. The fraction of sp³-hybridized carbons (Fsp3) is 0.217. The lowest BCUT2D eigenvalue weighted by atomic mass is 10.1. The van der Waals surface area contributed by atoms with Crippen LogP contribution in [0.2, 0.25) is 0 Å². The largest absolute Gasteiger partial charge is 0.497 e. The van der Waals surface area contributed by atoms with Gasteiger partial charge in [0.05, 0.1) is 12.8 Å². The van der Waals surface area contributed by atoms with E-state index in [1.54, 1.807) is 23.8 Å². The number of aromatic nitrogens is 1. The number of benzene rings is 2. The van der Waals surface area contributed by atoms with Gasteiger partial charge in [0.25, 0.3) is 11.7 Å². The Morgan fingerprint density at radius 1 is 0.964 bits per heavy atom. The van der Waals surface area contributed by atoms with Crippen molar-refractivity contribution < 1.29 is 14.3 Å². The van der Waals surface area contributed by atoms with Crippen LogP contribution in [0.1, 0.15) is 32.7 Å². The predicted molar refractivity (Wildman–Crippen MR) is 109 cm³/mol. The zero-order valence-electron chi connectivity index (χ0n) is 16.4. The Hall–Kier alpha value is -3.34. The number of hydrogen-bond donors (Lipinski definition) is 1. The predicted octanol–water partition coefficient (Wildman–Crippen LogP) is 3.66. The first-order valence-corrected chi connectivity index (χ1v) is 9.14. The number of ketones is 1. The molecular formula is C23H24N2O3. The Morgan fingerprint density at radius 3 is 2.36 bits per heavy atom. The van der Waals surface area contributed by atoms with E-state index in [4.69, 9.17) is 4.74 Å².